The molecule has 0 amide bonds. The number of halogens is 1. The number of anilines is 1. The van der Waals surface area contributed by atoms with Crippen molar-refractivity contribution in [2.75, 3.05) is 19.5 Å². The van der Waals surface area contributed by atoms with E-state index in [1.165, 1.54) is 0 Å². The molecule has 0 aliphatic heterocycles. The SMILES string of the molecule is COc1cc2nc(Cl)nc(NC(C)(C)CC(C)(C)C)c2cc1OC. The van der Waals surface area contributed by atoms with E-state index in [0.29, 0.717) is 22.8 Å². The number of rotatable bonds is 5. The normalized spacial score (nSPS) is 12.3. The number of ether oxygens (including phenoxy) is 2. The minimum absolute atomic E-state index is 0.157. The molecule has 1 aromatic heterocycles. The van der Waals surface area contributed by atoms with Crippen LogP contribution in [0.5, 0.6) is 11.5 Å². The van der Waals surface area contributed by atoms with Gasteiger partial charge in [0.15, 0.2) is 11.5 Å². The number of hydrogen-bond donors (Lipinski definition) is 1. The quantitative estimate of drug-likeness (QED) is 0.774. The second kappa shape index (κ2) is 6.63. The van der Waals surface area contributed by atoms with Gasteiger partial charge in [-0.2, -0.15) is 0 Å². The van der Waals surface area contributed by atoms with Crippen LogP contribution >= 0.6 is 11.6 Å². The van der Waals surface area contributed by atoms with Crippen molar-refractivity contribution in [2.45, 2.75) is 46.6 Å². The molecule has 0 bridgehead atoms. The first kappa shape index (κ1) is 18.6. The number of benzene rings is 1. The van der Waals surface area contributed by atoms with Gasteiger partial charge in [-0.1, -0.05) is 20.8 Å². The molecule has 5 nitrogen and oxygen atoms in total. The maximum Gasteiger partial charge on any atom is 0.224 e. The average Bonchev–Trinajstić information content (AvgIpc) is 2.42. The summed E-state index contributed by atoms with van der Waals surface area (Å²) in [6.07, 6.45) is 0.969. The minimum Gasteiger partial charge on any atom is -0.493 e. The highest BCUT2D eigenvalue weighted by Gasteiger charge is 2.26. The zero-order valence-corrected chi connectivity index (χ0v) is 16.2. The van der Waals surface area contributed by atoms with Crippen LogP contribution in [0.25, 0.3) is 10.9 Å². The Labute approximate surface area is 148 Å². The molecule has 0 saturated heterocycles. The predicted molar refractivity (Wildman–Crippen MR) is 99.4 cm³/mol. The monoisotopic (exact) mass is 351 g/mol. The van der Waals surface area contributed by atoms with E-state index in [1.54, 1.807) is 14.2 Å². The summed E-state index contributed by atoms with van der Waals surface area (Å²) in [6, 6.07) is 3.68. The molecule has 0 spiro atoms. The summed E-state index contributed by atoms with van der Waals surface area (Å²) in [7, 11) is 3.20. The minimum atomic E-state index is -0.157. The summed E-state index contributed by atoms with van der Waals surface area (Å²) in [6.45, 7) is 11.0. The summed E-state index contributed by atoms with van der Waals surface area (Å²) in [5, 5.41) is 4.56. The van der Waals surface area contributed by atoms with E-state index in [9.17, 15) is 0 Å². The lowest BCUT2D eigenvalue weighted by Crippen LogP contribution is -2.35. The van der Waals surface area contributed by atoms with Crippen LogP contribution in [-0.2, 0) is 0 Å². The molecule has 0 unspecified atom stereocenters. The van der Waals surface area contributed by atoms with Crippen LogP contribution in [0.15, 0.2) is 12.1 Å². The van der Waals surface area contributed by atoms with E-state index < -0.39 is 0 Å². The number of methoxy groups -OCH3 is 2. The molecule has 0 aliphatic rings. The van der Waals surface area contributed by atoms with Crippen LogP contribution in [0.3, 0.4) is 0 Å². The first-order valence-corrected chi connectivity index (χ1v) is 8.30. The molecular weight excluding hydrogens is 326 g/mol. The van der Waals surface area contributed by atoms with Crippen molar-refractivity contribution < 1.29 is 9.47 Å². The fourth-order valence-corrected chi connectivity index (χ4v) is 3.39. The Hall–Kier alpha value is -1.75. The third-order valence-electron chi connectivity index (χ3n) is 3.60. The van der Waals surface area contributed by atoms with Crippen molar-refractivity contribution in [3.63, 3.8) is 0 Å². The van der Waals surface area contributed by atoms with Crippen molar-refractivity contribution >= 4 is 28.3 Å². The van der Waals surface area contributed by atoms with Crippen molar-refractivity contribution in [1.82, 2.24) is 9.97 Å². The van der Waals surface area contributed by atoms with Gasteiger partial charge in [0.25, 0.3) is 0 Å². The van der Waals surface area contributed by atoms with Crippen LogP contribution in [0.1, 0.15) is 41.0 Å². The molecule has 132 valence electrons. The molecule has 24 heavy (non-hydrogen) atoms. The lowest BCUT2D eigenvalue weighted by Gasteiger charge is -2.34. The van der Waals surface area contributed by atoms with Crippen LogP contribution < -0.4 is 14.8 Å². The molecule has 0 radical (unpaired) electrons. The standard InChI is InChI=1S/C18H26ClN3O2/c1-17(2,3)10-18(4,5)22-15-11-8-13(23-6)14(24-7)9-12(11)20-16(19)21-15/h8-9H,10H2,1-7H3,(H,20,21,22). The van der Waals surface area contributed by atoms with E-state index in [0.717, 1.165) is 11.8 Å². The van der Waals surface area contributed by atoms with Gasteiger partial charge in [0.1, 0.15) is 5.82 Å². The van der Waals surface area contributed by atoms with Gasteiger partial charge in [-0.3, -0.25) is 0 Å². The fourth-order valence-electron chi connectivity index (χ4n) is 3.21. The molecule has 0 aliphatic carbocycles. The third kappa shape index (κ3) is 4.41. The first-order chi connectivity index (χ1) is 11.0. The maximum atomic E-state index is 6.12. The van der Waals surface area contributed by atoms with Gasteiger partial charge in [0.05, 0.1) is 19.7 Å². The lowest BCUT2D eigenvalue weighted by atomic mass is 9.82. The molecule has 1 heterocycles. The Morgan fingerprint density at radius 2 is 1.58 bits per heavy atom. The van der Waals surface area contributed by atoms with Crippen LogP contribution in [-0.4, -0.2) is 29.7 Å². The zero-order valence-electron chi connectivity index (χ0n) is 15.5. The number of fused-ring (bicyclic) bond motifs is 1. The molecule has 2 aromatic rings. The molecule has 1 N–H and O–H groups in total. The maximum absolute atomic E-state index is 6.12. The highest BCUT2D eigenvalue weighted by Crippen LogP contribution is 2.36. The number of nitrogens with one attached hydrogen (secondary N) is 1. The Kier molecular flexibility index (Phi) is 5.14. The highest BCUT2D eigenvalue weighted by atomic mass is 35.5. The van der Waals surface area contributed by atoms with Crippen LogP contribution in [0, 0.1) is 5.41 Å². The van der Waals surface area contributed by atoms with Gasteiger partial charge in [-0.15, -0.1) is 0 Å². The third-order valence-corrected chi connectivity index (χ3v) is 3.77. The summed E-state index contributed by atoms with van der Waals surface area (Å²) >= 11 is 6.12. The summed E-state index contributed by atoms with van der Waals surface area (Å²) in [5.41, 5.74) is 0.738. The number of aromatic nitrogens is 2. The summed E-state index contributed by atoms with van der Waals surface area (Å²) in [4.78, 5) is 8.70. The molecule has 2 rings (SSSR count). The molecule has 0 atom stereocenters. The average molecular weight is 352 g/mol. The summed E-state index contributed by atoms with van der Waals surface area (Å²) in [5.74, 6) is 1.94. The first-order valence-electron chi connectivity index (χ1n) is 7.92. The van der Waals surface area contributed by atoms with Crippen molar-refractivity contribution in [2.24, 2.45) is 5.41 Å². The Balaban J connectivity index is 2.53. The summed E-state index contributed by atoms with van der Waals surface area (Å²) < 4.78 is 10.7. The number of nitrogens with zero attached hydrogens (tertiary/aromatic N) is 2. The Bertz CT molecular complexity index is 739. The van der Waals surface area contributed by atoms with Gasteiger partial charge in [0, 0.05) is 17.0 Å². The van der Waals surface area contributed by atoms with Gasteiger partial charge < -0.3 is 14.8 Å². The fraction of sp³-hybridized carbons (Fsp3) is 0.556. The van der Waals surface area contributed by atoms with E-state index in [4.69, 9.17) is 21.1 Å². The molecule has 1 aromatic carbocycles. The topological polar surface area (TPSA) is 56.3 Å². The predicted octanol–water partition coefficient (Wildman–Crippen LogP) is 4.93. The highest BCUT2D eigenvalue weighted by molar-refractivity contribution is 6.28. The van der Waals surface area contributed by atoms with Gasteiger partial charge in [-0.05, 0) is 43.4 Å². The second-order valence-corrected chi connectivity index (χ2v) is 8.15. The van der Waals surface area contributed by atoms with Gasteiger partial charge in [0.2, 0.25) is 5.28 Å². The van der Waals surface area contributed by atoms with Crippen molar-refractivity contribution in [3.8, 4) is 11.5 Å². The largest absolute Gasteiger partial charge is 0.493 e. The Morgan fingerprint density at radius 3 is 2.12 bits per heavy atom. The van der Waals surface area contributed by atoms with Crippen molar-refractivity contribution in [1.29, 1.82) is 0 Å². The van der Waals surface area contributed by atoms with E-state index in [1.807, 2.05) is 12.1 Å². The van der Waals surface area contributed by atoms with Gasteiger partial charge in [-0.25, -0.2) is 9.97 Å². The molecule has 0 fully saturated rings. The van der Waals surface area contributed by atoms with E-state index >= 15 is 0 Å². The Morgan fingerprint density at radius 1 is 1.00 bits per heavy atom. The van der Waals surface area contributed by atoms with E-state index in [2.05, 4.69) is 49.9 Å². The number of hydrogen-bond acceptors (Lipinski definition) is 5. The molecule has 0 saturated carbocycles. The lowest BCUT2D eigenvalue weighted by molar-refractivity contribution is 0.302. The van der Waals surface area contributed by atoms with Gasteiger partial charge >= 0.3 is 0 Å². The zero-order chi connectivity index (χ0) is 18.1. The van der Waals surface area contributed by atoms with Crippen molar-refractivity contribution in [3.05, 3.63) is 17.4 Å². The smallest absolute Gasteiger partial charge is 0.224 e. The van der Waals surface area contributed by atoms with E-state index in [-0.39, 0.29) is 16.2 Å². The molecular formula is C18H26ClN3O2. The second-order valence-electron chi connectivity index (χ2n) is 7.81. The van der Waals surface area contributed by atoms with Crippen LogP contribution in [0.4, 0.5) is 5.82 Å². The molecule has 6 heteroatoms. The van der Waals surface area contributed by atoms with Crippen LogP contribution in [0.2, 0.25) is 5.28 Å².